The summed E-state index contributed by atoms with van der Waals surface area (Å²) in [6, 6.07) is 8.86. The topological polar surface area (TPSA) is 86.1 Å². The maximum atomic E-state index is 12.3. The quantitative estimate of drug-likeness (QED) is 0.650. The second kappa shape index (κ2) is 8.27. The van der Waals surface area contributed by atoms with E-state index in [0.29, 0.717) is 23.4 Å². The lowest BCUT2D eigenvalue weighted by Gasteiger charge is -2.11. The minimum Gasteiger partial charge on any atom is -0.496 e. The first kappa shape index (κ1) is 18.3. The number of carbonyl (C=O) groups excluding carboxylic acids is 2. The number of hydrogen-bond donors (Lipinski definition) is 1. The van der Waals surface area contributed by atoms with Crippen molar-refractivity contribution in [3.63, 3.8) is 0 Å². The Balaban J connectivity index is 1.61. The van der Waals surface area contributed by atoms with Crippen LogP contribution >= 0.6 is 0 Å². The maximum Gasteiger partial charge on any atom is 0.224 e. The molecule has 0 aliphatic rings. The van der Waals surface area contributed by atoms with Gasteiger partial charge in [0, 0.05) is 36.3 Å². The Kier molecular flexibility index (Phi) is 5.61. The van der Waals surface area contributed by atoms with Crippen LogP contribution in [0, 0.1) is 0 Å². The smallest absolute Gasteiger partial charge is 0.224 e. The number of aromatic nitrogens is 3. The molecule has 0 saturated heterocycles. The maximum absolute atomic E-state index is 12.3. The molecule has 2 aromatic heterocycles. The number of nitrogens with zero attached hydrogens (tertiary/aromatic N) is 3. The van der Waals surface area contributed by atoms with E-state index in [4.69, 9.17) is 4.74 Å². The van der Waals surface area contributed by atoms with Gasteiger partial charge in [-0.05, 0) is 36.8 Å². The van der Waals surface area contributed by atoms with E-state index < -0.39 is 0 Å². The van der Waals surface area contributed by atoms with Crippen molar-refractivity contribution < 1.29 is 14.3 Å². The Labute approximate surface area is 157 Å². The van der Waals surface area contributed by atoms with Crippen molar-refractivity contribution in [1.29, 1.82) is 0 Å². The molecule has 138 valence electrons. The Bertz CT molecular complexity index is 934. The molecule has 3 aromatic rings. The van der Waals surface area contributed by atoms with Crippen molar-refractivity contribution in [3.05, 3.63) is 71.9 Å². The molecular formula is C20H20N4O3. The summed E-state index contributed by atoms with van der Waals surface area (Å²) < 4.78 is 7.09. The summed E-state index contributed by atoms with van der Waals surface area (Å²) in [5.41, 5.74) is 2.12. The SMILES string of the molecule is COc1ccc(C(C)=O)cc1CC(=O)NCc1ccc(-n2ccnc2)nc1. The van der Waals surface area contributed by atoms with Gasteiger partial charge in [-0.2, -0.15) is 0 Å². The van der Waals surface area contributed by atoms with Gasteiger partial charge in [0.2, 0.25) is 5.91 Å². The fourth-order valence-corrected chi connectivity index (χ4v) is 2.64. The van der Waals surface area contributed by atoms with E-state index in [0.717, 1.165) is 11.4 Å². The first-order valence-corrected chi connectivity index (χ1v) is 8.44. The molecule has 0 unspecified atom stereocenters. The van der Waals surface area contributed by atoms with Gasteiger partial charge < -0.3 is 10.1 Å². The van der Waals surface area contributed by atoms with E-state index in [-0.39, 0.29) is 18.1 Å². The summed E-state index contributed by atoms with van der Waals surface area (Å²) in [5.74, 6) is 1.13. The van der Waals surface area contributed by atoms with Gasteiger partial charge in [0.1, 0.15) is 17.9 Å². The second-order valence-electron chi connectivity index (χ2n) is 6.03. The summed E-state index contributed by atoms with van der Waals surface area (Å²) in [4.78, 5) is 32.2. The highest BCUT2D eigenvalue weighted by Crippen LogP contribution is 2.21. The summed E-state index contributed by atoms with van der Waals surface area (Å²) in [6.07, 6.45) is 7.02. The molecule has 2 heterocycles. The standard InChI is InChI=1S/C20H20N4O3/c1-14(25)16-4-5-18(27-2)17(9-16)10-20(26)23-12-15-3-6-19(22-11-15)24-8-7-21-13-24/h3-9,11,13H,10,12H2,1-2H3,(H,23,26). The first-order chi connectivity index (χ1) is 13.1. The van der Waals surface area contributed by atoms with E-state index in [1.54, 1.807) is 41.5 Å². The number of benzene rings is 1. The molecule has 3 rings (SSSR count). The monoisotopic (exact) mass is 364 g/mol. The lowest BCUT2D eigenvalue weighted by atomic mass is 10.0. The Morgan fingerprint density at radius 1 is 1.22 bits per heavy atom. The molecule has 1 aromatic carbocycles. The molecule has 0 saturated carbocycles. The number of imidazole rings is 1. The van der Waals surface area contributed by atoms with Gasteiger partial charge in [0.15, 0.2) is 5.78 Å². The molecule has 7 nitrogen and oxygen atoms in total. The number of pyridine rings is 1. The Morgan fingerprint density at radius 3 is 2.70 bits per heavy atom. The van der Waals surface area contributed by atoms with Gasteiger partial charge in [-0.1, -0.05) is 6.07 Å². The molecule has 0 aliphatic heterocycles. The number of rotatable bonds is 7. The number of nitrogens with one attached hydrogen (secondary N) is 1. The summed E-state index contributed by atoms with van der Waals surface area (Å²) in [5, 5.41) is 2.86. The number of ether oxygens (including phenoxy) is 1. The zero-order valence-electron chi connectivity index (χ0n) is 15.2. The van der Waals surface area contributed by atoms with Gasteiger partial charge in [0.25, 0.3) is 0 Å². The van der Waals surface area contributed by atoms with E-state index in [9.17, 15) is 9.59 Å². The predicted molar refractivity (Wildman–Crippen MR) is 99.9 cm³/mol. The fourth-order valence-electron chi connectivity index (χ4n) is 2.64. The molecule has 0 radical (unpaired) electrons. The van der Waals surface area contributed by atoms with Crippen LogP contribution < -0.4 is 10.1 Å². The number of amides is 1. The second-order valence-corrected chi connectivity index (χ2v) is 6.03. The predicted octanol–water partition coefficient (Wildman–Crippen LogP) is 2.34. The minimum atomic E-state index is -0.160. The first-order valence-electron chi connectivity index (χ1n) is 8.44. The lowest BCUT2D eigenvalue weighted by Crippen LogP contribution is -2.25. The zero-order valence-corrected chi connectivity index (χ0v) is 15.2. The number of Topliss-reactive ketones (excluding diaryl/α,β-unsaturated/α-hetero) is 1. The fraction of sp³-hybridized carbons (Fsp3) is 0.200. The van der Waals surface area contributed by atoms with Gasteiger partial charge in [0.05, 0.1) is 13.5 Å². The summed E-state index contributed by atoms with van der Waals surface area (Å²) in [6.45, 7) is 1.86. The average Bonchev–Trinajstić information content (AvgIpc) is 3.21. The zero-order chi connectivity index (χ0) is 19.2. The lowest BCUT2D eigenvalue weighted by molar-refractivity contribution is -0.120. The van der Waals surface area contributed by atoms with Crippen molar-refractivity contribution in [2.45, 2.75) is 19.9 Å². The summed E-state index contributed by atoms with van der Waals surface area (Å²) >= 11 is 0. The molecule has 0 bridgehead atoms. The van der Waals surface area contributed by atoms with Crippen molar-refractivity contribution >= 4 is 11.7 Å². The van der Waals surface area contributed by atoms with E-state index in [1.807, 2.05) is 18.3 Å². The van der Waals surface area contributed by atoms with E-state index >= 15 is 0 Å². The van der Waals surface area contributed by atoms with Crippen molar-refractivity contribution in [2.75, 3.05) is 7.11 Å². The van der Waals surface area contributed by atoms with Crippen LogP contribution in [-0.2, 0) is 17.8 Å². The minimum absolute atomic E-state index is 0.0524. The molecule has 1 N–H and O–H groups in total. The highest BCUT2D eigenvalue weighted by molar-refractivity contribution is 5.94. The van der Waals surface area contributed by atoms with Crippen LogP contribution in [0.2, 0.25) is 0 Å². The van der Waals surface area contributed by atoms with E-state index in [2.05, 4.69) is 15.3 Å². The third-order valence-corrected chi connectivity index (χ3v) is 4.11. The average molecular weight is 364 g/mol. The van der Waals surface area contributed by atoms with Gasteiger partial charge in [-0.25, -0.2) is 9.97 Å². The van der Waals surface area contributed by atoms with Crippen LogP contribution in [0.3, 0.4) is 0 Å². The Hall–Kier alpha value is -3.48. The van der Waals surface area contributed by atoms with Crippen molar-refractivity contribution in [2.24, 2.45) is 0 Å². The van der Waals surface area contributed by atoms with Gasteiger partial charge in [-0.15, -0.1) is 0 Å². The molecule has 0 spiro atoms. The molecular weight excluding hydrogens is 344 g/mol. The van der Waals surface area contributed by atoms with Crippen LogP contribution in [0.15, 0.2) is 55.2 Å². The Morgan fingerprint density at radius 2 is 2.07 bits per heavy atom. The number of carbonyl (C=O) groups is 2. The van der Waals surface area contributed by atoms with Crippen LogP contribution in [-0.4, -0.2) is 33.3 Å². The number of ketones is 1. The van der Waals surface area contributed by atoms with Crippen LogP contribution in [0.4, 0.5) is 0 Å². The molecule has 0 fully saturated rings. The number of hydrogen-bond acceptors (Lipinski definition) is 5. The normalized spacial score (nSPS) is 10.4. The van der Waals surface area contributed by atoms with Crippen LogP contribution in [0.25, 0.3) is 5.82 Å². The molecule has 27 heavy (non-hydrogen) atoms. The third kappa shape index (κ3) is 4.58. The molecule has 1 amide bonds. The van der Waals surface area contributed by atoms with Gasteiger partial charge in [-0.3, -0.25) is 14.2 Å². The molecule has 7 heteroatoms. The van der Waals surface area contributed by atoms with Crippen LogP contribution in [0.1, 0.15) is 28.4 Å². The van der Waals surface area contributed by atoms with E-state index in [1.165, 1.54) is 14.0 Å². The van der Waals surface area contributed by atoms with Crippen molar-refractivity contribution in [1.82, 2.24) is 19.9 Å². The highest BCUT2D eigenvalue weighted by Gasteiger charge is 2.11. The third-order valence-electron chi connectivity index (χ3n) is 4.11. The van der Waals surface area contributed by atoms with Gasteiger partial charge >= 0.3 is 0 Å². The molecule has 0 atom stereocenters. The number of methoxy groups -OCH3 is 1. The molecule has 0 aliphatic carbocycles. The highest BCUT2D eigenvalue weighted by atomic mass is 16.5. The largest absolute Gasteiger partial charge is 0.496 e. The summed E-state index contributed by atoms with van der Waals surface area (Å²) in [7, 11) is 1.54. The van der Waals surface area contributed by atoms with Crippen LogP contribution in [0.5, 0.6) is 5.75 Å². The van der Waals surface area contributed by atoms with Crippen molar-refractivity contribution in [3.8, 4) is 11.6 Å².